The smallest absolute Gasteiger partial charge is 0.330 e. The highest BCUT2D eigenvalue weighted by Crippen LogP contribution is 2.36. The van der Waals surface area contributed by atoms with Crippen LogP contribution in [0.2, 0.25) is 0 Å². The van der Waals surface area contributed by atoms with E-state index in [1.165, 1.54) is 35.4 Å². The summed E-state index contributed by atoms with van der Waals surface area (Å²) < 4.78 is 19.5. The molecule has 2 saturated heterocycles. The number of hydrogen-bond donors (Lipinski definition) is 2. The molecule has 0 unspecified atom stereocenters. The molecule has 210 valence electrons. The number of carbonyl (C=O) groups is 3. The highest BCUT2D eigenvalue weighted by Gasteiger charge is 2.40. The number of hydrogen-bond acceptors (Lipinski definition) is 10. The molecule has 39 heavy (non-hydrogen) atoms. The van der Waals surface area contributed by atoms with Crippen LogP contribution < -0.4 is 22.5 Å². The number of esters is 1. The number of rotatable bonds is 9. The number of Topliss-reactive ketones (excluding diaryl/α,β-unsaturated/α-hetero) is 1. The summed E-state index contributed by atoms with van der Waals surface area (Å²) in [6.45, 7) is 4.33. The first-order valence-corrected chi connectivity index (χ1v) is 12.6. The predicted octanol–water partition coefficient (Wildman–Crippen LogP) is -0.235. The van der Waals surface area contributed by atoms with Crippen LogP contribution in [0.5, 0.6) is 0 Å². The van der Waals surface area contributed by atoms with E-state index in [0.29, 0.717) is 17.4 Å². The fourth-order valence-electron chi connectivity index (χ4n) is 5.03. The Morgan fingerprint density at radius 3 is 2.08 bits per heavy atom. The van der Waals surface area contributed by atoms with Crippen LogP contribution in [0.3, 0.4) is 0 Å². The molecule has 2 aliphatic rings. The third-order valence-electron chi connectivity index (χ3n) is 7.02. The first-order chi connectivity index (χ1) is 18.5. The highest BCUT2D eigenvalue weighted by atomic mass is 16.6. The van der Waals surface area contributed by atoms with Crippen LogP contribution in [0.4, 0.5) is 0 Å². The van der Waals surface area contributed by atoms with Crippen LogP contribution in [-0.4, -0.2) is 55.5 Å². The van der Waals surface area contributed by atoms with E-state index in [1.807, 2.05) is 0 Å². The van der Waals surface area contributed by atoms with Crippen molar-refractivity contribution in [2.75, 3.05) is 0 Å². The molecule has 0 bridgehead atoms. The Morgan fingerprint density at radius 2 is 1.54 bits per heavy atom. The van der Waals surface area contributed by atoms with Crippen LogP contribution in [-0.2, 0) is 28.6 Å². The number of nitrogens with zero attached hydrogens (tertiary/aromatic N) is 2. The Morgan fingerprint density at radius 1 is 0.974 bits per heavy atom. The minimum Gasteiger partial charge on any atom is -0.460 e. The molecule has 0 spiro atoms. The summed E-state index contributed by atoms with van der Waals surface area (Å²) in [6, 6.07) is 0. The van der Waals surface area contributed by atoms with Gasteiger partial charge in [-0.2, -0.15) is 0 Å². The third kappa shape index (κ3) is 6.23. The predicted molar refractivity (Wildman–Crippen MR) is 133 cm³/mol. The molecule has 2 aliphatic heterocycles. The second kappa shape index (κ2) is 11.5. The maximum Gasteiger partial charge on any atom is 0.330 e. The summed E-state index contributed by atoms with van der Waals surface area (Å²) in [6.07, 6.45) is 0.000574. The van der Waals surface area contributed by atoms with Crippen molar-refractivity contribution in [3.8, 4) is 0 Å². The topological polar surface area (TPSA) is 189 Å². The lowest BCUT2D eigenvalue weighted by Gasteiger charge is -2.18. The molecule has 0 aromatic carbocycles. The van der Waals surface area contributed by atoms with Gasteiger partial charge in [0.1, 0.15) is 36.7 Å². The molecule has 2 aromatic rings. The Labute approximate surface area is 220 Å². The lowest BCUT2D eigenvalue weighted by molar-refractivity contribution is -0.149. The Bertz CT molecular complexity index is 1500. The van der Waals surface area contributed by atoms with Crippen molar-refractivity contribution in [3.63, 3.8) is 0 Å². The van der Waals surface area contributed by atoms with Gasteiger partial charge in [-0.15, -0.1) is 0 Å². The molecule has 14 heteroatoms. The van der Waals surface area contributed by atoms with E-state index in [-0.39, 0.29) is 37.9 Å². The molecule has 0 radical (unpaired) electrons. The lowest BCUT2D eigenvalue weighted by atomic mass is 9.93. The molecule has 0 saturated carbocycles. The van der Waals surface area contributed by atoms with Crippen molar-refractivity contribution < 1.29 is 28.6 Å². The summed E-state index contributed by atoms with van der Waals surface area (Å²) in [5.74, 6) is -1.21. The van der Waals surface area contributed by atoms with Gasteiger partial charge in [0.05, 0.1) is 6.10 Å². The average molecular weight is 547 g/mol. The van der Waals surface area contributed by atoms with E-state index < -0.39 is 65.2 Å². The van der Waals surface area contributed by atoms with E-state index in [0.717, 1.165) is 0 Å². The fourth-order valence-corrected chi connectivity index (χ4v) is 5.03. The lowest BCUT2D eigenvalue weighted by Crippen LogP contribution is -2.33. The number of H-pyrrole nitrogens is 2. The Kier molecular flexibility index (Phi) is 8.25. The van der Waals surface area contributed by atoms with Gasteiger partial charge in [0, 0.05) is 55.6 Å². The summed E-state index contributed by atoms with van der Waals surface area (Å²) >= 11 is 0. The van der Waals surface area contributed by atoms with Crippen molar-refractivity contribution in [1.29, 1.82) is 0 Å². The maximum atomic E-state index is 12.9. The SMILES string of the molecule is CC(=O)O[C@H]1C[C@H](n2cc(C)c(=O)[nH]c2=O)O[C@@H]1CCC(=O)C[C@H]1C[C@H](n2cc(C)c(=O)[nH]c2=O)O[C@@H]1C=O. The number of aromatic amines is 2. The molecule has 4 heterocycles. The second-order valence-corrected chi connectivity index (χ2v) is 9.94. The van der Waals surface area contributed by atoms with Gasteiger partial charge in [-0.05, 0) is 26.7 Å². The Balaban J connectivity index is 1.41. The summed E-state index contributed by atoms with van der Waals surface area (Å²) in [5.41, 5.74) is -1.76. The molecule has 0 aliphatic carbocycles. The Hall–Kier alpha value is -3.91. The number of nitrogens with one attached hydrogen (secondary N) is 2. The molecule has 14 nitrogen and oxygen atoms in total. The minimum atomic E-state index is -0.908. The molecular weight excluding hydrogens is 516 g/mol. The quantitative estimate of drug-likeness (QED) is 0.314. The number of carbonyl (C=O) groups excluding carboxylic acids is 3. The van der Waals surface area contributed by atoms with Gasteiger partial charge < -0.3 is 19.0 Å². The largest absolute Gasteiger partial charge is 0.460 e. The number of aldehydes is 1. The van der Waals surface area contributed by atoms with Gasteiger partial charge in [-0.3, -0.25) is 38.3 Å². The zero-order valence-electron chi connectivity index (χ0n) is 21.7. The first kappa shape index (κ1) is 28.1. The van der Waals surface area contributed by atoms with E-state index in [4.69, 9.17) is 14.2 Å². The van der Waals surface area contributed by atoms with Gasteiger partial charge in [0.2, 0.25) is 0 Å². The fraction of sp³-hybridized carbons (Fsp3) is 0.560. The van der Waals surface area contributed by atoms with Crippen LogP contribution in [0.1, 0.15) is 62.6 Å². The number of aromatic nitrogens is 4. The van der Waals surface area contributed by atoms with Gasteiger partial charge >= 0.3 is 17.3 Å². The van der Waals surface area contributed by atoms with Crippen molar-refractivity contribution in [3.05, 3.63) is 65.2 Å². The monoisotopic (exact) mass is 546 g/mol. The van der Waals surface area contributed by atoms with Crippen LogP contribution >= 0.6 is 0 Å². The zero-order chi connectivity index (χ0) is 28.4. The van der Waals surface area contributed by atoms with Gasteiger partial charge in [0.25, 0.3) is 11.1 Å². The van der Waals surface area contributed by atoms with Crippen molar-refractivity contribution in [2.45, 2.75) is 83.6 Å². The van der Waals surface area contributed by atoms with Gasteiger partial charge in [0.15, 0.2) is 0 Å². The minimum absolute atomic E-state index is 0.00392. The van der Waals surface area contributed by atoms with Crippen LogP contribution in [0.25, 0.3) is 0 Å². The van der Waals surface area contributed by atoms with Gasteiger partial charge in [-0.1, -0.05) is 0 Å². The van der Waals surface area contributed by atoms with E-state index in [2.05, 4.69) is 9.97 Å². The summed E-state index contributed by atoms with van der Waals surface area (Å²) in [4.78, 5) is 88.5. The molecule has 6 atom stereocenters. The molecule has 0 amide bonds. The van der Waals surface area contributed by atoms with Crippen LogP contribution in [0.15, 0.2) is 31.6 Å². The molecule has 2 aromatic heterocycles. The molecule has 2 N–H and O–H groups in total. The van der Waals surface area contributed by atoms with Crippen molar-refractivity contribution in [2.24, 2.45) is 5.92 Å². The average Bonchev–Trinajstić information content (AvgIpc) is 3.45. The first-order valence-electron chi connectivity index (χ1n) is 12.6. The second-order valence-electron chi connectivity index (χ2n) is 9.94. The van der Waals surface area contributed by atoms with Gasteiger partial charge in [-0.25, -0.2) is 9.59 Å². The molecular formula is C25H30N4O10. The normalized spacial score (nSPS) is 26.4. The van der Waals surface area contributed by atoms with Crippen molar-refractivity contribution >= 4 is 18.0 Å². The number of ketones is 1. The maximum absolute atomic E-state index is 12.9. The summed E-state index contributed by atoms with van der Waals surface area (Å²) in [5, 5.41) is 0. The zero-order valence-corrected chi connectivity index (χ0v) is 21.7. The third-order valence-corrected chi connectivity index (χ3v) is 7.02. The molecule has 2 fully saturated rings. The van der Waals surface area contributed by atoms with Crippen molar-refractivity contribution in [1.82, 2.24) is 19.1 Å². The standard InChI is InChI=1S/C25H30N4O10/c1-12-9-28(24(35)26-22(12)33)20-7-15(19(11-30)39-20)6-16(32)4-5-17-18(37-14(3)31)8-21(38-17)29-10-13(2)23(34)27-25(29)36/h9-11,15,17-21H,4-8H2,1-3H3,(H,26,33,35)(H,27,34,36)/t15-,17+,18-,19+,20+,21+/m0/s1. The summed E-state index contributed by atoms with van der Waals surface area (Å²) in [7, 11) is 0. The van der Waals surface area contributed by atoms with E-state index in [9.17, 15) is 33.6 Å². The number of ether oxygens (including phenoxy) is 3. The highest BCUT2D eigenvalue weighted by molar-refractivity contribution is 5.79. The van der Waals surface area contributed by atoms with Crippen LogP contribution in [0, 0.1) is 19.8 Å². The van der Waals surface area contributed by atoms with E-state index in [1.54, 1.807) is 6.92 Å². The van der Waals surface area contributed by atoms with E-state index >= 15 is 0 Å². The number of aryl methyl sites for hydroxylation is 2. The molecule has 4 rings (SSSR count).